The zero-order valence-electron chi connectivity index (χ0n) is 37.2. The number of halogens is 1. The fourth-order valence-corrected chi connectivity index (χ4v) is 6.27. The van der Waals surface area contributed by atoms with Crippen molar-refractivity contribution < 1.29 is 18.9 Å². The SMILES string of the molecule is COc1ccc(Nc2nc(Nc3ccc(N=C/C(Cl)=C/Nc4ccc(Nc5nc(Nc6ccc(OC)cc6)nc(Nc6ccc(OC)cc6)n5)cc4)cc3)nc(Nc3ccc(OC)cc3)n2)cc1. The topological polar surface area (TPSA) is 211 Å². The van der Waals surface area contributed by atoms with Crippen LogP contribution in [0, 0.1) is 0 Å². The summed E-state index contributed by atoms with van der Waals surface area (Å²) in [6.45, 7) is 0. The van der Waals surface area contributed by atoms with E-state index in [4.69, 9.17) is 30.5 Å². The van der Waals surface area contributed by atoms with Gasteiger partial charge in [-0.25, -0.2) is 0 Å². The van der Waals surface area contributed by atoms with Crippen molar-refractivity contribution in [3.8, 4) is 23.0 Å². The summed E-state index contributed by atoms with van der Waals surface area (Å²) < 4.78 is 21.2. The minimum atomic E-state index is 0.314. The van der Waals surface area contributed by atoms with Crippen molar-refractivity contribution in [2.45, 2.75) is 0 Å². The average molecular weight is 929 g/mol. The number of methoxy groups -OCH3 is 4. The third-order valence-electron chi connectivity index (χ3n) is 9.63. The molecular weight excluding hydrogens is 884 g/mol. The molecule has 0 fully saturated rings. The number of rotatable bonds is 20. The molecule has 2 heterocycles. The first-order valence-electron chi connectivity index (χ1n) is 20.8. The molecule has 0 spiro atoms. The normalized spacial score (nSPS) is 11.0. The van der Waals surface area contributed by atoms with Crippen LogP contribution in [-0.4, -0.2) is 64.6 Å². The van der Waals surface area contributed by atoms with Crippen molar-refractivity contribution in [3.63, 3.8) is 0 Å². The van der Waals surface area contributed by atoms with Crippen LogP contribution in [0.3, 0.4) is 0 Å². The Balaban J connectivity index is 0.890. The van der Waals surface area contributed by atoms with E-state index in [9.17, 15) is 0 Å². The lowest BCUT2D eigenvalue weighted by molar-refractivity contribution is 0.415. The molecule has 7 N–H and O–H groups in total. The van der Waals surface area contributed by atoms with Crippen molar-refractivity contribution in [1.29, 1.82) is 0 Å². The van der Waals surface area contributed by atoms with Gasteiger partial charge in [0.05, 0.1) is 39.2 Å². The Kier molecular flexibility index (Phi) is 14.8. The van der Waals surface area contributed by atoms with Crippen LogP contribution in [0.25, 0.3) is 0 Å². The molecule has 0 unspecified atom stereocenters. The summed E-state index contributed by atoms with van der Waals surface area (Å²) in [6.07, 6.45) is 3.21. The van der Waals surface area contributed by atoms with E-state index in [0.717, 1.165) is 62.8 Å². The van der Waals surface area contributed by atoms with Crippen LogP contribution in [0.15, 0.2) is 162 Å². The van der Waals surface area contributed by atoms with Crippen LogP contribution in [0.1, 0.15) is 0 Å². The lowest BCUT2D eigenvalue weighted by atomic mass is 10.3. The van der Waals surface area contributed by atoms with Gasteiger partial charge in [-0.1, -0.05) is 11.6 Å². The van der Waals surface area contributed by atoms with Gasteiger partial charge < -0.3 is 56.2 Å². The van der Waals surface area contributed by atoms with Crippen LogP contribution in [0.5, 0.6) is 23.0 Å². The minimum absolute atomic E-state index is 0.314. The highest BCUT2D eigenvalue weighted by molar-refractivity contribution is 6.39. The standard InChI is InChI=1S/C49H45ClN14O4/c1-65-40-21-13-36(14-22-40)55-46-59-44(60-47(63-46)56-37-15-23-41(66-2)24-16-37)53-34-9-5-32(6-10-34)51-29-31(50)30-52-33-7-11-35(12-8-33)54-45-61-48(57-38-17-25-42(67-3)26-18-38)64-49(62-45)58-39-19-27-43(68-4)28-20-39/h5-30,51H,1-4H3,(H3,53,55,56,59,60,63)(H3,54,57,58,61,62,64)/b31-29-,52-30?. The third kappa shape index (κ3) is 13.0. The number of hydrogen-bond donors (Lipinski definition) is 7. The Labute approximate surface area is 397 Å². The van der Waals surface area contributed by atoms with Crippen molar-refractivity contribution >= 4 is 99.0 Å². The zero-order valence-corrected chi connectivity index (χ0v) is 37.9. The molecule has 0 bridgehead atoms. The van der Waals surface area contributed by atoms with Crippen molar-refractivity contribution in [2.75, 3.05) is 65.7 Å². The highest BCUT2D eigenvalue weighted by Crippen LogP contribution is 2.27. The highest BCUT2D eigenvalue weighted by atomic mass is 35.5. The molecule has 0 aliphatic heterocycles. The molecule has 0 radical (unpaired) electrons. The molecular formula is C49H45ClN14O4. The van der Waals surface area contributed by atoms with E-state index >= 15 is 0 Å². The second-order valence-electron chi connectivity index (χ2n) is 14.3. The number of anilines is 13. The maximum atomic E-state index is 6.54. The first-order chi connectivity index (χ1) is 33.3. The summed E-state index contributed by atoms with van der Waals surface area (Å²) in [5.74, 6) is 4.89. The summed E-state index contributed by atoms with van der Waals surface area (Å²) >= 11 is 6.54. The van der Waals surface area contributed by atoms with Crippen LogP contribution >= 0.6 is 11.6 Å². The van der Waals surface area contributed by atoms with Gasteiger partial charge in [-0.15, -0.1) is 0 Å². The number of nitrogens with zero attached hydrogens (tertiary/aromatic N) is 7. The Morgan fingerprint density at radius 3 is 0.868 bits per heavy atom. The fourth-order valence-electron chi connectivity index (χ4n) is 6.17. The van der Waals surface area contributed by atoms with Gasteiger partial charge >= 0.3 is 0 Å². The van der Waals surface area contributed by atoms with E-state index in [1.165, 1.54) is 0 Å². The molecule has 0 saturated heterocycles. The van der Waals surface area contributed by atoms with Crippen molar-refractivity contribution in [1.82, 2.24) is 29.9 Å². The smallest absolute Gasteiger partial charge is 0.233 e. The summed E-state index contributed by atoms with van der Waals surface area (Å²) in [4.78, 5) is 32.1. The molecule has 8 aromatic rings. The number of ether oxygens (including phenoxy) is 4. The van der Waals surface area contributed by atoms with Gasteiger partial charge in [-0.2, -0.15) is 29.9 Å². The van der Waals surface area contributed by atoms with Gasteiger partial charge in [0, 0.05) is 52.2 Å². The number of hydrogen-bond acceptors (Lipinski definition) is 18. The Hall–Kier alpha value is -9.16. The molecule has 6 aromatic carbocycles. The molecule has 19 heteroatoms. The Bertz CT molecular complexity index is 2830. The number of allylic oxidation sites excluding steroid dienone is 1. The van der Waals surface area contributed by atoms with E-state index in [2.05, 4.69) is 72.1 Å². The van der Waals surface area contributed by atoms with Crippen LogP contribution in [0.4, 0.5) is 81.2 Å². The van der Waals surface area contributed by atoms with E-state index in [1.807, 2.05) is 146 Å². The zero-order chi connectivity index (χ0) is 47.1. The molecule has 0 amide bonds. The van der Waals surface area contributed by atoms with E-state index in [-0.39, 0.29) is 0 Å². The summed E-state index contributed by atoms with van der Waals surface area (Å²) in [6, 6.07) is 44.7. The average Bonchev–Trinajstić information content (AvgIpc) is 3.37. The maximum absolute atomic E-state index is 6.54. The van der Waals surface area contributed by atoms with Crippen LogP contribution < -0.4 is 56.2 Å². The van der Waals surface area contributed by atoms with Crippen molar-refractivity contribution in [2.24, 2.45) is 4.99 Å². The van der Waals surface area contributed by atoms with Gasteiger partial charge in [0.1, 0.15) is 23.0 Å². The fraction of sp³-hybridized carbons (Fsp3) is 0.0816. The van der Waals surface area contributed by atoms with Gasteiger partial charge in [0.15, 0.2) is 0 Å². The van der Waals surface area contributed by atoms with E-state index < -0.39 is 0 Å². The molecule has 18 nitrogen and oxygen atoms in total. The number of nitrogens with one attached hydrogen (secondary N) is 7. The van der Waals surface area contributed by atoms with Gasteiger partial charge in [0.2, 0.25) is 35.7 Å². The minimum Gasteiger partial charge on any atom is -0.497 e. The lowest BCUT2D eigenvalue weighted by Gasteiger charge is -2.12. The molecule has 0 atom stereocenters. The summed E-state index contributed by atoms with van der Waals surface area (Å²) in [5, 5.41) is 23.1. The highest BCUT2D eigenvalue weighted by Gasteiger charge is 2.12. The summed E-state index contributed by atoms with van der Waals surface area (Å²) in [7, 11) is 6.48. The number of benzene rings is 6. The first-order valence-corrected chi connectivity index (χ1v) is 21.2. The monoisotopic (exact) mass is 928 g/mol. The van der Waals surface area contributed by atoms with Crippen LogP contribution in [-0.2, 0) is 0 Å². The third-order valence-corrected chi connectivity index (χ3v) is 9.84. The molecule has 342 valence electrons. The molecule has 8 rings (SSSR count). The molecule has 0 aliphatic rings. The second-order valence-corrected chi connectivity index (χ2v) is 14.8. The van der Waals surface area contributed by atoms with Gasteiger partial charge in [0.25, 0.3) is 0 Å². The quantitative estimate of drug-likeness (QED) is 0.0354. The first kappa shape index (κ1) is 45.4. The lowest BCUT2D eigenvalue weighted by Crippen LogP contribution is -2.07. The molecule has 0 saturated carbocycles. The van der Waals surface area contributed by atoms with Gasteiger partial charge in [-0.05, 0) is 146 Å². The number of aromatic nitrogens is 6. The molecule has 2 aromatic heterocycles. The molecule has 0 aliphatic carbocycles. The summed E-state index contributed by atoms with van der Waals surface area (Å²) in [5.41, 5.74) is 6.04. The Morgan fingerprint density at radius 1 is 0.368 bits per heavy atom. The van der Waals surface area contributed by atoms with Crippen molar-refractivity contribution in [3.05, 3.63) is 157 Å². The predicted molar refractivity (Wildman–Crippen MR) is 270 cm³/mol. The van der Waals surface area contributed by atoms with Crippen LogP contribution in [0.2, 0.25) is 0 Å². The number of aliphatic imine (C=N–C) groups is 1. The molecule has 68 heavy (non-hydrogen) atoms. The predicted octanol–water partition coefficient (Wildman–Crippen LogP) is 11.4. The second kappa shape index (κ2) is 22.2. The Morgan fingerprint density at radius 2 is 0.603 bits per heavy atom. The van der Waals surface area contributed by atoms with E-state index in [0.29, 0.717) is 46.4 Å². The van der Waals surface area contributed by atoms with Gasteiger partial charge in [-0.3, -0.25) is 4.99 Å². The largest absolute Gasteiger partial charge is 0.497 e. The van der Waals surface area contributed by atoms with E-state index in [1.54, 1.807) is 40.9 Å². The maximum Gasteiger partial charge on any atom is 0.233 e.